The van der Waals surface area contributed by atoms with E-state index in [0.29, 0.717) is 37.5 Å². The molecule has 0 atom stereocenters. The summed E-state index contributed by atoms with van der Waals surface area (Å²) >= 11 is 0. The van der Waals surface area contributed by atoms with Crippen LogP contribution in [0.5, 0.6) is 0 Å². The predicted octanol–water partition coefficient (Wildman–Crippen LogP) is 4.64. The Bertz CT molecular complexity index is 1070. The van der Waals surface area contributed by atoms with Gasteiger partial charge in [-0.05, 0) is 49.1 Å². The Hall–Kier alpha value is -2.74. The molecule has 8 heteroatoms. The Balaban J connectivity index is 1.45. The van der Waals surface area contributed by atoms with E-state index in [0.717, 1.165) is 44.1 Å². The van der Waals surface area contributed by atoms with Crippen LogP contribution in [0, 0.1) is 5.82 Å². The minimum atomic E-state index is -3.51. The third-order valence-corrected chi connectivity index (χ3v) is 7.05. The number of rotatable bonds is 12. The van der Waals surface area contributed by atoms with Crippen LogP contribution in [0.2, 0.25) is 0 Å². The van der Waals surface area contributed by atoms with E-state index >= 15 is 0 Å². The number of hydrogen-bond donors (Lipinski definition) is 1. The van der Waals surface area contributed by atoms with Gasteiger partial charge in [-0.1, -0.05) is 50.5 Å². The number of halogens is 1. The van der Waals surface area contributed by atoms with Crippen LogP contribution < -0.4 is 4.72 Å². The van der Waals surface area contributed by atoms with E-state index in [2.05, 4.69) is 16.6 Å². The molecule has 2 aromatic rings. The number of carbonyl (C=O) groups is 1. The number of amidine groups is 1. The van der Waals surface area contributed by atoms with Crippen molar-refractivity contribution >= 4 is 21.8 Å². The minimum Gasteiger partial charge on any atom is -0.338 e. The Kier molecular flexibility index (Phi) is 9.00. The molecule has 2 aromatic carbocycles. The van der Waals surface area contributed by atoms with Crippen molar-refractivity contribution in [2.75, 3.05) is 13.1 Å². The first-order valence-corrected chi connectivity index (χ1v) is 13.1. The van der Waals surface area contributed by atoms with Gasteiger partial charge in [0.25, 0.3) is 10.0 Å². The summed E-state index contributed by atoms with van der Waals surface area (Å²) < 4.78 is 39.9. The van der Waals surface area contributed by atoms with E-state index in [1.54, 1.807) is 36.4 Å². The summed E-state index contributed by atoms with van der Waals surface area (Å²) in [6, 6.07) is 13.1. The van der Waals surface area contributed by atoms with E-state index in [1.807, 2.05) is 4.90 Å². The highest BCUT2D eigenvalue weighted by atomic mass is 32.2. The van der Waals surface area contributed by atoms with Crippen LogP contribution in [0.3, 0.4) is 0 Å². The van der Waals surface area contributed by atoms with Crippen molar-refractivity contribution < 1.29 is 17.6 Å². The molecule has 1 heterocycles. The van der Waals surface area contributed by atoms with Gasteiger partial charge in [-0.25, -0.2) is 12.8 Å². The summed E-state index contributed by atoms with van der Waals surface area (Å²) in [5.74, 6) is 0.224. The molecule has 0 bridgehead atoms. The molecule has 1 N–H and O–H groups in total. The second kappa shape index (κ2) is 11.9. The first kappa shape index (κ1) is 24.9. The van der Waals surface area contributed by atoms with E-state index in [4.69, 9.17) is 0 Å². The molecular formula is C25H32FN3O3S. The first-order valence-electron chi connectivity index (χ1n) is 11.6. The zero-order chi connectivity index (χ0) is 23.7. The lowest BCUT2D eigenvalue weighted by molar-refractivity contribution is -0.132. The summed E-state index contributed by atoms with van der Waals surface area (Å²) in [4.78, 5) is 19.4. The van der Waals surface area contributed by atoms with E-state index in [9.17, 15) is 17.6 Å². The smallest absolute Gasteiger partial charge is 0.263 e. The molecule has 33 heavy (non-hydrogen) atoms. The van der Waals surface area contributed by atoms with Gasteiger partial charge in [-0.3, -0.25) is 14.5 Å². The van der Waals surface area contributed by atoms with Crippen LogP contribution in [0.15, 0.2) is 58.4 Å². The van der Waals surface area contributed by atoms with Gasteiger partial charge in [0.05, 0.1) is 4.90 Å². The van der Waals surface area contributed by atoms with Gasteiger partial charge in [0.2, 0.25) is 5.91 Å². The molecule has 6 nitrogen and oxygen atoms in total. The van der Waals surface area contributed by atoms with Crippen molar-refractivity contribution in [1.82, 2.24) is 9.62 Å². The number of carbonyl (C=O) groups excluding carboxylic acids is 1. The number of benzene rings is 2. The fraction of sp³-hybridized carbons (Fsp3) is 0.440. The average molecular weight is 474 g/mol. The first-order chi connectivity index (χ1) is 15.9. The number of nitrogens with zero attached hydrogens (tertiary/aromatic N) is 2. The monoisotopic (exact) mass is 473 g/mol. The van der Waals surface area contributed by atoms with E-state index in [-0.39, 0.29) is 16.6 Å². The lowest BCUT2D eigenvalue weighted by atomic mass is 10.1. The standard InChI is InChI=1S/C25H32FN3O3S/c1-2-3-9-18-29(19-20-13-15-21(26)16-14-20)24(30)12-5-4-8-17-27-25-22-10-6-7-11-23(22)33(31,32)28-25/h6-7,10-11,13-16H,2-5,8-9,12,17-19H2,1H3,(H,27,28). The Morgan fingerprint density at radius 3 is 2.52 bits per heavy atom. The highest BCUT2D eigenvalue weighted by molar-refractivity contribution is 7.90. The fourth-order valence-electron chi connectivity index (χ4n) is 3.82. The van der Waals surface area contributed by atoms with Crippen molar-refractivity contribution in [3.8, 4) is 0 Å². The number of unbranched alkanes of at least 4 members (excludes halogenated alkanes) is 4. The van der Waals surface area contributed by atoms with Crippen LogP contribution in [-0.2, 0) is 21.4 Å². The van der Waals surface area contributed by atoms with Crippen LogP contribution in [0.1, 0.15) is 63.0 Å². The third-order valence-electron chi connectivity index (χ3n) is 5.65. The van der Waals surface area contributed by atoms with E-state index < -0.39 is 10.0 Å². The van der Waals surface area contributed by atoms with Gasteiger partial charge in [0.15, 0.2) is 0 Å². The van der Waals surface area contributed by atoms with Crippen molar-refractivity contribution in [1.29, 1.82) is 0 Å². The molecule has 1 amide bonds. The third kappa shape index (κ3) is 7.12. The Morgan fingerprint density at radius 2 is 1.76 bits per heavy atom. The second-order valence-corrected chi connectivity index (χ2v) is 9.94. The van der Waals surface area contributed by atoms with Gasteiger partial charge < -0.3 is 4.90 Å². The summed E-state index contributed by atoms with van der Waals surface area (Å²) in [6.07, 6.45) is 5.92. The van der Waals surface area contributed by atoms with Crippen molar-refractivity contribution in [2.45, 2.75) is 63.3 Å². The molecule has 3 rings (SSSR count). The molecule has 1 aliphatic rings. The van der Waals surface area contributed by atoms with Crippen molar-refractivity contribution in [3.05, 3.63) is 65.5 Å². The van der Waals surface area contributed by atoms with Gasteiger partial charge >= 0.3 is 0 Å². The van der Waals surface area contributed by atoms with Crippen molar-refractivity contribution in [3.63, 3.8) is 0 Å². The molecule has 0 aliphatic carbocycles. The second-order valence-electron chi connectivity index (χ2n) is 8.29. The molecule has 0 fully saturated rings. The zero-order valence-electron chi connectivity index (χ0n) is 19.1. The number of sulfonamides is 1. The maximum absolute atomic E-state index is 13.2. The van der Waals surface area contributed by atoms with Crippen LogP contribution in [-0.4, -0.2) is 38.2 Å². The number of aliphatic imine (C=N–C) groups is 1. The molecule has 1 aliphatic heterocycles. The fourth-order valence-corrected chi connectivity index (χ4v) is 5.07. The Morgan fingerprint density at radius 1 is 1.00 bits per heavy atom. The number of hydrogen-bond acceptors (Lipinski definition) is 4. The van der Waals surface area contributed by atoms with Gasteiger partial charge in [0.1, 0.15) is 11.7 Å². The summed E-state index contributed by atoms with van der Waals surface area (Å²) in [6.45, 7) is 3.83. The lowest BCUT2D eigenvalue weighted by Gasteiger charge is -2.23. The average Bonchev–Trinajstić information content (AvgIpc) is 3.07. The van der Waals surface area contributed by atoms with Crippen LogP contribution in [0.4, 0.5) is 4.39 Å². The Labute approximate surface area is 196 Å². The van der Waals surface area contributed by atoms with Crippen molar-refractivity contribution in [2.24, 2.45) is 4.99 Å². The van der Waals surface area contributed by atoms with Gasteiger partial charge in [-0.15, -0.1) is 0 Å². The molecule has 0 unspecified atom stereocenters. The lowest BCUT2D eigenvalue weighted by Crippen LogP contribution is -2.31. The van der Waals surface area contributed by atoms with Gasteiger partial charge in [-0.2, -0.15) is 0 Å². The molecular weight excluding hydrogens is 441 g/mol. The highest BCUT2D eigenvalue weighted by Crippen LogP contribution is 2.22. The maximum atomic E-state index is 13.2. The molecule has 0 aromatic heterocycles. The SMILES string of the molecule is CCCCCN(Cc1ccc(F)cc1)C(=O)CCCCCN=C1NS(=O)(=O)c2ccccc21. The summed E-state index contributed by atoms with van der Waals surface area (Å²) in [7, 11) is -3.51. The quantitative estimate of drug-likeness (QED) is 0.456. The topological polar surface area (TPSA) is 78.8 Å². The predicted molar refractivity (Wildman–Crippen MR) is 128 cm³/mol. The summed E-state index contributed by atoms with van der Waals surface area (Å²) in [5.41, 5.74) is 1.53. The highest BCUT2D eigenvalue weighted by Gasteiger charge is 2.29. The molecule has 0 radical (unpaired) electrons. The number of nitrogens with one attached hydrogen (secondary N) is 1. The van der Waals surface area contributed by atoms with Crippen LogP contribution in [0.25, 0.3) is 0 Å². The summed E-state index contributed by atoms with van der Waals surface area (Å²) in [5, 5.41) is 0. The number of fused-ring (bicyclic) bond motifs is 1. The molecule has 0 saturated heterocycles. The molecule has 178 valence electrons. The van der Waals surface area contributed by atoms with Gasteiger partial charge in [0, 0.05) is 31.6 Å². The van der Waals surface area contributed by atoms with E-state index in [1.165, 1.54) is 12.1 Å². The molecule has 0 spiro atoms. The minimum absolute atomic E-state index is 0.110. The normalized spacial score (nSPS) is 15.3. The maximum Gasteiger partial charge on any atom is 0.263 e. The zero-order valence-corrected chi connectivity index (χ0v) is 19.9. The number of amides is 1. The van der Waals surface area contributed by atoms with Crippen LogP contribution >= 0.6 is 0 Å². The largest absolute Gasteiger partial charge is 0.338 e. The molecule has 0 saturated carbocycles.